The summed E-state index contributed by atoms with van der Waals surface area (Å²) in [5.41, 5.74) is 0.947. The van der Waals surface area contributed by atoms with Gasteiger partial charge >= 0.3 is 0 Å². The molecule has 1 saturated heterocycles. The van der Waals surface area contributed by atoms with Gasteiger partial charge in [0, 0.05) is 31.4 Å². The Morgan fingerprint density at radius 3 is 2.88 bits per heavy atom. The zero-order valence-electron chi connectivity index (χ0n) is 9.17. The van der Waals surface area contributed by atoms with Crippen LogP contribution < -0.4 is 0 Å². The van der Waals surface area contributed by atoms with Gasteiger partial charge in [0.1, 0.15) is 0 Å². The fourth-order valence-corrected chi connectivity index (χ4v) is 3.48. The highest BCUT2D eigenvalue weighted by molar-refractivity contribution is 7.89. The molecule has 0 aromatic carbocycles. The van der Waals surface area contributed by atoms with Gasteiger partial charge in [-0.25, -0.2) is 12.7 Å². The smallest absolute Gasteiger partial charge is 0.214 e. The molecule has 1 aromatic rings. The highest BCUT2D eigenvalue weighted by Crippen LogP contribution is 2.13. The molecule has 88 valence electrons. The Bertz CT molecular complexity index is 431. The fourth-order valence-electron chi connectivity index (χ4n) is 1.88. The number of hydrogen-bond donors (Lipinski definition) is 0. The van der Waals surface area contributed by atoms with Gasteiger partial charge in [0.05, 0.1) is 5.75 Å². The molecule has 5 heteroatoms. The van der Waals surface area contributed by atoms with Gasteiger partial charge in [0.15, 0.2) is 0 Å². The maximum Gasteiger partial charge on any atom is 0.214 e. The molecule has 0 amide bonds. The van der Waals surface area contributed by atoms with Gasteiger partial charge in [0.2, 0.25) is 10.0 Å². The van der Waals surface area contributed by atoms with Gasteiger partial charge in [-0.2, -0.15) is 0 Å². The summed E-state index contributed by atoms with van der Waals surface area (Å²) in [6.07, 6.45) is 4.20. The van der Waals surface area contributed by atoms with E-state index in [4.69, 9.17) is 0 Å². The van der Waals surface area contributed by atoms with Crippen molar-refractivity contribution in [1.29, 1.82) is 0 Å². The van der Waals surface area contributed by atoms with E-state index in [-0.39, 0.29) is 0 Å². The van der Waals surface area contributed by atoms with Crippen molar-refractivity contribution in [2.75, 3.05) is 18.8 Å². The number of rotatable bonds is 3. The highest BCUT2D eigenvalue weighted by atomic mass is 32.2. The third-order valence-electron chi connectivity index (χ3n) is 2.80. The van der Waals surface area contributed by atoms with E-state index in [2.05, 4.69) is 4.98 Å². The first-order valence-electron chi connectivity index (χ1n) is 5.56. The van der Waals surface area contributed by atoms with Crippen LogP contribution in [0.3, 0.4) is 0 Å². The first kappa shape index (κ1) is 11.5. The topological polar surface area (TPSA) is 50.3 Å². The van der Waals surface area contributed by atoms with Crippen LogP contribution in [-0.2, 0) is 16.4 Å². The molecule has 2 heterocycles. The molecular weight excluding hydrogens is 224 g/mol. The van der Waals surface area contributed by atoms with Crippen LogP contribution in [0.25, 0.3) is 0 Å². The van der Waals surface area contributed by atoms with Crippen LogP contribution in [0, 0.1) is 0 Å². The van der Waals surface area contributed by atoms with Crippen molar-refractivity contribution in [3.05, 3.63) is 30.1 Å². The number of hydrogen-bond acceptors (Lipinski definition) is 3. The largest absolute Gasteiger partial charge is 0.261 e. The van der Waals surface area contributed by atoms with Crippen LogP contribution in [0.1, 0.15) is 18.5 Å². The van der Waals surface area contributed by atoms with E-state index in [1.165, 1.54) is 0 Å². The summed E-state index contributed by atoms with van der Waals surface area (Å²) >= 11 is 0. The number of aromatic nitrogens is 1. The molecule has 0 aliphatic carbocycles. The van der Waals surface area contributed by atoms with E-state index < -0.39 is 10.0 Å². The zero-order valence-corrected chi connectivity index (χ0v) is 9.99. The van der Waals surface area contributed by atoms with Crippen LogP contribution in [0.4, 0.5) is 0 Å². The lowest BCUT2D eigenvalue weighted by molar-refractivity contribution is 0.385. The van der Waals surface area contributed by atoms with Crippen LogP contribution in [-0.4, -0.2) is 36.5 Å². The van der Waals surface area contributed by atoms with Crippen molar-refractivity contribution in [2.45, 2.75) is 19.3 Å². The standard InChI is InChI=1S/C11H16N2O2S/c14-16(15)10-4-3-8-13(16)9-6-11-5-1-2-7-12-11/h1-2,5,7H,3-4,6,8-10H2. The SMILES string of the molecule is O=S1(=O)CCCCN1CCc1ccccn1. The lowest BCUT2D eigenvalue weighted by Gasteiger charge is -2.25. The maximum absolute atomic E-state index is 11.7. The second-order valence-corrected chi connectivity index (χ2v) is 6.08. The molecule has 0 saturated carbocycles. The third-order valence-corrected chi connectivity index (χ3v) is 4.75. The Balaban J connectivity index is 1.95. The van der Waals surface area contributed by atoms with Gasteiger partial charge < -0.3 is 0 Å². The van der Waals surface area contributed by atoms with Gasteiger partial charge in [-0.05, 0) is 25.0 Å². The molecule has 0 bridgehead atoms. The van der Waals surface area contributed by atoms with Crippen molar-refractivity contribution in [3.63, 3.8) is 0 Å². The average molecular weight is 240 g/mol. The summed E-state index contributed by atoms with van der Waals surface area (Å²) < 4.78 is 25.0. The molecule has 0 N–H and O–H groups in total. The lowest BCUT2D eigenvalue weighted by atomic mass is 10.2. The molecule has 1 aliphatic rings. The minimum Gasteiger partial charge on any atom is -0.261 e. The monoisotopic (exact) mass is 240 g/mol. The Hall–Kier alpha value is -0.940. The predicted octanol–water partition coefficient (Wildman–Crippen LogP) is 1.05. The minimum absolute atomic E-state index is 0.301. The van der Waals surface area contributed by atoms with E-state index in [0.29, 0.717) is 25.3 Å². The summed E-state index contributed by atoms with van der Waals surface area (Å²) in [6.45, 7) is 1.22. The molecule has 1 aliphatic heterocycles. The summed E-state index contributed by atoms with van der Waals surface area (Å²) in [4.78, 5) is 4.19. The minimum atomic E-state index is -2.99. The molecule has 4 nitrogen and oxygen atoms in total. The van der Waals surface area contributed by atoms with Gasteiger partial charge in [-0.3, -0.25) is 4.98 Å². The average Bonchev–Trinajstić information content (AvgIpc) is 2.28. The Morgan fingerprint density at radius 2 is 2.19 bits per heavy atom. The van der Waals surface area contributed by atoms with E-state index in [1.807, 2.05) is 18.2 Å². The Kier molecular flexibility index (Phi) is 3.56. The van der Waals surface area contributed by atoms with E-state index in [9.17, 15) is 8.42 Å². The van der Waals surface area contributed by atoms with Crippen molar-refractivity contribution in [2.24, 2.45) is 0 Å². The van der Waals surface area contributed by atoms with Crippen LogP contribution in [0.2, 0.25) is 0 Å². The van der Waals surface area contributed by atoms with Crippen molar-refractivity contribution >= 4 is 10.0 Å². The molecule has 0 radical (unpaired) electrons. The predicted molar refractivity (Wildman–Crippen MR) is 62.5 cm³/mol. The summed E-state index contributed by atoms with van der Waals surface area (Å²) in [6, 6.07) is 5.71. The molecule has 1 fully saturated rings. The number of nitrogens with zero attached hydrogens (tertiary/aromatic N) is 2. The molecule has 0 atom stereocenters. The molecule has 0 spiro atoms. The molecule has 0 unspecified atom stereocenters. The van der Waals surface area contributed by atoms with Gasteiger partial charge in [0.25, 0.3) is 0 Å². The van der Waals surface area contributed by atoms with Crippen LogP contribution in [0.15, 0.2) is 24.4 Å². The van der Waals surface area contributed by atoms with Crippen LogP contribution in [0.5, 0.6) is 0 Å². The number of pyridine rings is 1. The third kappa shape index (κ3) is 2.80. The fraction of sp³-hybridized carbons (Fsp3) is 0.545. The summed E-state index contributed by atoms with van der Waals surface area (Å²) in [5, 5.41) is 0. The molecule has 2 rings (SSSR count). The second-order valence-electron chi connectivity index (χ2n) is 3.99. The van der Waals surface area contributed by atoms with E-state index in [0.717, 1.165) is 18.5 Å². The first-order chi connectivity index (χ1) is 7.68. The highest BCUT2D eigenvalue weighted by Gasteiger charge is 2.24. The zero-order chi connectivity index (χ0) is 11.4. The molecule has 16 heavy (non-hydrogen) atoms. The summed E-state index contributed by atoms with van der Waals surface area (Å²) in [7, 11) is -2.99. The van der Waals surface area contributed by atoms with Gasteiger partial charge in [-0.1, -0.05) is 6.07 Å². The Morgan fingerprint density at radius 1 is 1.31 bits per heavy atom. The van der Waals surface area contributed by atoms with Crippen molar-refractivity contribution < 1.29 is 8.42 Å². The van der Waals surface area contributed by atoms with Gasteiger partial charge in [-0.15, -0.1) is 0 Å². The van der Waals surface area contributed by atoms with Crippen molar-refractivity contribution in [1.82, 2.24) is 9.29 Å². The summed E-state index contributed by atoms with van der Waals surface area (Å²) in [5.74, 6) is 0.301. The molecule has 1 aromatic heterocycles. The quantitative estimate of drug-likeness (QED) is 0.793. The molecular formula is C11H16N2O2S. The van der Waals surface area contributed by atoms with E-state index >= 15 is 0 Å². The normalized spacial score (nSPS) is 20.8. The lowest BCUT2D eigenvalue weighted by Crippen LogP contribution is -2.39. The van der Waals surface area contributed by atoms with E-state index in [1.54, 1.807) is 10.5 Å². The second kappa shape index (κ2) is 4.93. The van der Waals surface area contributed by atoms with Crippen molar-refractivity contribution in [3.8, 4) is 0 Å². The number of sulfonamides is 1. The Labute approximate surface area is 96.4 Å². The van der Waals surface area contributed by atoms with Crippen LogP contribution >= 0.6 is 0 Å². The maximum atomic E-state index is 11.7. The first-order valence-corrected chi connectivity index (χ1v) is 7.17.